The van der Waals surface area contributed by atoms with Gasteiger partial charge in [0.1, 0.15) is 0 Å². The summed E-state index contributed by atoms with van der Waals surface area (Å²) in [6, 6.07) is 12.7. The fourth-order valence-corrected chi connectivity index (χ4v) is 2.88. The molecule has 0 heterocycles. The summed E-state index contributed by atoms with van der Waals surface area (Å²) in [5, 5.41) is 3.77. The molecular weight excluding hydrogens is 359 g/mol. The average Bonchev–Trinajstić information content (AvgIpc) is 2.56. The predicted molar refractivity (Wildman–Crippen MR) is 102 cm³/mol. The zero-order chi connectivity index (χ0) is 18.4. The van der Waals surface area contributed by atoms with Gasteiger partial charge in [-0.25, -0.2) is 0 Å². The number of amides is 2. The molecule has 0 bridgehead atoms. The van der Waals surface area contributed by atoms with Gasteiger partial charge < -0.3 is 10.2 Å². The van der Waals surface area contributed by atoms with Crippen molar-refractivity contribution in [1.29, 1.82) is 0 Å². The lowest BCUT2D eigenvalue weighted by atomic mass is 10.1. The molecule has 4 nitrogen and oxygen atoms in total. The molecule has 0 saturated heterocycles. The van der Waals surface area contributed by atoms with Crippen molar-refractivity contribution < 1.29 is 9.59 Å². The van der Waals surface area contributed by atoms with Gasteiger partial charge >= 0.3 is 0 Å². The van der Waals surface area contributed by atoms with Crippen LogP contribution < -0.4 is 10.2 Å². The number of halogens is 2. The molecule has 1 N–H and O–H groups in total. The van der Waals surface area contributed by atoms with E-state index in [1.54, 1.807) is 18.2 Å². The number of benzene rings is 2. The fourth-order valence-electron chi connectivity index (χ4n) is 2.49. The minimum atomic E-state index is -0.169. The van der Waals surface area contributed by atoms with E-state index in [1.165, 1.54) is 11.8 Å². The van der Waals surface area contributed by atoms with E-state index in [0.29, 0.717) is 35.2 Å². The molecule has 2 amide bonds. The van der Waals surface area contributed by atoms with Crippen LogP contribution in [0.5, 0.6) is 0 Å². The fraction of sp³-hybridized carbons (Fsp3) is 0.263. The molecule has 0 aliphatic rings. The van der Waals surface area contributed by atoms with Crippen LogP contribution >= 0.6 is 23.2 Å². The SMILES string of the molecule is CC(=O)N(CCNC(=O)Cc1ccccc1C)c1cc(Cl)ccc1Cl. The maximum atomic E-state index is 12.1. The van der Waals surface area contributed by atoms with Crippen LogP contribution in [0.4, 0.5) is 5.69 Å². The van der Waals surface area contributed by atoms with Gasteiger partial charge in [0.15, 0.2) is 0 Å². The van der Waals surface area contributed by atoms with Crippen molar-refractivity contribution in [2.24, 2.45) is 0 Å². The monoisotopic (exact) mass is 378 g/mol. The lowest BCUT2D eigenvalue weighted by Gasteiger charge is -2.22. The smallest absolute Gasteiger partial charge is 0.224 e. The highest BCUT2D eigenvalue weighted by Gasteiger charge is 2.15. The molecule has 2 aromatic carbocycles. The Morgan fingerprint density at radius 1 is 1.12 bits per heavy atom. The van der Waals surface area contributed by atoms with Crippen LogP contribution in [0, 0.1) is 6.92 Å². The highest BCUT2D eigenvalue weighted by atomic mass is 35.5. The van der Waals surface area contributed by atoms with Gasteiger partial charge in [-0.2, -0.15) is 0 Å². The first-order chi connectivity index (χ1) is 11.9. The van der Waals surface area contributed by atoms with Crippen molar-refractivity contribution in [1.82, 2.24) is 5.32 Å². The number of anilines is 1. The van der Waals surface area contributed by atoms with Crippen molar-refractivity contribution in [2.75, 3.05) is 18.0 Å². The van der Waals surface area contributed by atoms with Crippen LogP contribution in [0.15, 0.2) is 42.5 Å². The third-order valence-electron chi connectivity index (χ3n) is 3.85. The van der Waals surface area contributed by atoms with Crippen LogP contribution in [-0.4, -0.2) is 24.9 Å². The Balaban J connectivity index is 1.96. The van der Waals surface area contributed by atoms with Gasteiger partial charge in [0, 0.05) is 25.0 Å². The van der Waals surface area contributed by atoms with Gasteiger partial charge in [-0.1, -0.05) is 47.5 Å². The molecule has 132 valence electrons. The number of aryl methyl sites for hydroxylation is 1. The summed E-state index contributed by atoms with van der Waals surface area (Å²) in [4.78, 5) is 25.5. The Kier molecular flexibility index (Phi) is 6.85. The summed E-state index contributed by atoms with van der Waals surface area (Å²) < 4.78 is 0. The first kappa shape index (κ1) is 19.3. The Bertz CT molecular complexity index is 778. The number of hydrogen-bond donors (Lipinski definition) is 1. The van der Waals surface area contributed by atoms with Crippen LogP contribution in [-0.2, 0) is 16.0 Å². The van der Waals surface area contributed by atoms with Crippen molar-refractivity contribution in [3.8, 4) is 0 Å². The van der Waals surface area contributed by atoms with E-state index in [0.717, 1.165) is 11.1 Å². The van der Waals surface area contributed by atoms with Crippen molar-refractivity contribution >= 4 is 40.7 Å². The molecule has 0 radical (unpaired) electrons. The molecule has 25 heavy (non-hydrogen) atoms. The van der Waals surface area contributed by atoms with E-state index in [1.807, 2.05) is 31.2 Å². The second kappa shape index (κ2) is 8.88. The minimum absolute atomic E-state index is 0.0880. The summed E-state index contributed by atoms with van der Waals surface area (Å²) >= 11 is 12.2. The normalized spacial score (nSPS) is 10.4. The zero-order valence-corrected chi connectivity index (χ0v) is 15.7. The van der Waals surface area contributed by atoms with Gasteiger partial charge in [0.25, 0.3) is 0 Å². The summed E-state index contributed by atoms with van der Waals surface area (Å²) in [7, 11) is 0. The molecule has 0 aliphatic carbocycles. The topological polar surface area (TPSA) is 49.4 Å². The zero-order valence-electron chi connectivity index (χ0n) is 14.2. The highest BCUT2D eigenvalue weighted by Crippen LogP contribution is 2.29. The van der Waals surface area contributed by atoms with E-state index in [2.05, 4.69) is 5.32 Å². The first-order valence-electron chi connectivity index (χ1n) is 7.93. The Labute approximate surface area is 157 Å². The van der Waals surface area contributed by atoms with Crippen molar-refractivity contribution in [3.63, 3.8) is 0 Å². The van der Waals surface area contributed by atoms with E-state index in [9.17, 15) is 9.59 Å². The number of rotatable bonds is 6. The summed E-state index contributed by atoms with van der Waals surface area (Å²) in [6.45, 7) is 4.07. The third kappa shape index (κ3) is 5.48. The molecule has 0 spiro atoms. The third-order valence-corrected chi connectivity index (χ3v) is 4.40. The number of carbonyl (C=O) groups excluding carboxylic acids is 2. The molecule has 0 atom stereocenters. The number of carbonyl (C=O) groups is 2. The van der Waals surface area contributed by atoms with Gasteiger partial charge in [-0.05, 0) is 36.2 Å². The molecule has 2 aromatic rings. The standard InChI is InChI=1S/C19H20Cl2N2O2/c1-13-5-3-4-6-15(13)11-19(25)22-9-10-23(14(2)24)18-12-16(20)7-8-17(18)21/h3-8,12H,9-11H2,1-2H3,(H,22,25). The van der Waals surface area contributed by atoms with Gasteiger partial charge in [-0.3, -0.25) is 9.59 Å². The number of hydrogen-bond acceptors (Lipinski definition) is 2. The lowest BCUT2D eigenvalue weighted by molar-refractivity contribution is -0.121. The molecule has 0 fully saturated rings. The number of nitrogens with one attached hydrogen (secondary N) is 1. The quantitative estimate of drug-likeness (QED) is 0.825. The molecule has 0 unspecified atom stereocenters. The highest BCUT2D eigenvalue weighted by molar-refractivity contribution is 6.35. The number of nitrogens with zero attached hydrogens (tertiary/aromatic N) is 1. The molecule has 0 saturated carbocycles. The lowest BCUT2D eigenvalue weighted by Crippen LogP contribution is -2.38. The predicted octanol–water partition coefficient (Wildman–Crippen LogP) is 4.01. The minimum Gasteiger partial charge on any atom is -0.354 e. The second-order valence-electron chi connectivity index (χ2n) is 5.72. The first-order valence-corrected chi connectivity index (χ1v) is 8.68. The van der Waals surface area contributed by atoms with Crippen LogP contribution in [0.2, 0.25) is 10.0 Å². The molecule has 0 aliphatic heterocycles. The molecule has 0 aromatic heterocycles. The van der Waals surface area contributed by atoms with E-state index in [4.69, 9.17) is 23.2 Å². The Morgan fingerprint density at radius 3 is 2.52 bits per heavy atom. The van der Waals surface area contributed by atoms with Gasteiger partial charge in [0.2, 0.25) is 11.8 Å². The van der Waals surface area contributed by atoms with Crippen LogP contribution in [0.1, 0.15) is 18.1 Å². The summed E-state index contributed by atoms with van der Waals surface area (Å²) in [5.41, 5.74) is 2.60. The maximum absolute atomic E-state index is 12.1. The molecule has 6 heteroatoms. The summed E-state index contributed by atoms with van der Waals surface area (Å²) in [6.07, 6.45) is 0.310. The molecular formula is C19H20Cl2N2O2. The van der Waals surface area contributed by atoms with Gasteiger partial charge in [0.05, 0.1) is 17.1 Å². The van der Waals surface area contributed by atoms with E-state index >= 15 is 0 Å². The Morgan fingerprint density at radius 2 is 1.84 bits per heavy atom. The van der Waals surface area contributed by atoms with Crippen molar-refractivity contribution in [3.05, 3.63) is 63.6 Å². The largest absolute Gasteiger partial charge is 0.354 e. The van der Waals surface area contributed by atoms with E-state index < -0.39 is 0 Å². The van der Waals surface area contributed by atoms with E-state index in [-0.39, 0.29) is 11.8 Å². The van der Waals surface area contributed by atoms with Crippen molar-refractivity contribution in [2.45, 2.75) is 20.3 Å². The van der Waals surface area contributed by atoms with Gasteiger partial charge in [-0.15, -0.1) is 0 Å². The van der Waals surface area contributed by atoms with Crippen LogP contribution in [0.25, 0.3) is 0 Å². The Hall–Kier alpha value is -2.04. The van der Waals surface area contributed by atoms with Crippen LogP contribution in [0.3, 0.4) is 0 Å². The molecule has 2 rings (SSSR count). The maximum Gasteiger partial charge on any atom is 0.224 e. The second-order valence-corrected chi connectivity index (χ2v) is 6.56. The summed E-state index contributed by atoms with van der Waals surface area (Å²) in [5.74, 6) is -0.257. The average molecular weight is 379 g/mol.